The number of para-hydroxylation sites is 1. The van der Waals surface area contributed by atoms with Gasteiger partial charge in [-0.1, -0.05) is 54.6 Å². The van der Waals surface area contributed by atoms with Crippen molar-refractivity contribution in [1.82, 2.24) is 0 Å². The van der Waals surface area contributed by atoms with Gasteiger partial charge in [-0.25, -0.2) is 4.79 Å². The van der Waals surface area contributed by atoms with E-state index < -0.39 is 0 Å². The summed E-state index contributed by atoms with van der Waals surface area (Å²) in [6.45, 7) is 0.939. The molecule has 22 heavy (non-hydrogen) atoms. The van der Waals surface area contributed by atoms with E-state index in [0.29, 0.717) is 13.2 Å². The van der Waals surface area contributed by atoms with Crippen molar-refractivity contribution in [3.8, 4) is 5.75 Å². The first-order valence-electron chi connectivity index (χ1n) is 7.39. The van der Waals surface area contributed by atoms with Gasteiger partial charge in [0.05, 0.1) is 6.61 Å². The smallest absolute Gasteiger partial charge is 0.330 e. The number of esters is 1. The summed E-state index contributed by atoms with van der Waals surface area (Å²) in [5.74, 6) is 0.557. The molecule has 114 valence electrons. The Labute approximate surface area is 131 Å². The van der Waals surface area contributed by atoms with Gasteiger partial charge in [0.1, 0.15) is 12.4 Å². The number of carbonyl (C=O) groups excluding carboxylic acids is 1. The number of hydrogen-bond acceptors (Lipinski definition) is 3. The maximum atomic E-state index is 11.5. The lowest BCUT2D eigenvalue weighted by Crippen LogP contribution is -2.01. The lowest BCUT2D eigenvalue weighted by molar-refractivity contribution is -0.139. The monoisotopic (exact) mass is 296 g/mol. The van der Waals surface area contributed by atoms with Crippen LogP contribution in [0.5, 0.6) is 5.75 Å². The van der Waals surface area contributed by atoms with Crippen molar-refractivity contribution in [2.24, 2.45) is 0 Å². The van der Waals surface area contributed by atoms with Crippen molar-refractivity contribution in [3.05, 3.63) is 78.4 Å². The molecule has 0 N–H and O–H groups in total. The molecule has 0 saturated heterocycles. The third kappa shape index (κ3) is 6.27. The van der Waals surface area contributed by atoms with Crippen molar-refractivity contribution in [3.63, 3.8) is 0 Å². The van der Waals surface area contributed by atoms with Crippen LogP contribution in [0.4, 0.5) is 0 Å². The first kappa shape index (κ1) is 15.8. The van der Waals surface area contributed by atoms with E-state index in [1.165, 1.54) is 6.08 Å². The topological polar surface area (TPSA) is 35.5 Å². The van der Waals surface area contributed by atoms with Crippen LogP contribution in [0.25, 0.3) is 0 Å². The highest BCUT2D eigenvalue weighted by Gasteiger charge is 1.97. The molecule has 0 fully saturated rings. The summed E-state index contributed by atoms with van der Waals surface area (Å²) in [6.07, 6.45) is 4.94. The molecule has 0 bridgehead atoms. The highest BCUT2D eigenvalue weighted by molar-refractivity contribution is 5.81. The van der Waals surface area contributed by atoms with Crippen molar-refractivity contribution >= 4 is 5.97 Å². The number of allylic oxidation sites excluding steroid dienone is 1. The van der Waals surface area contributed by atoms with Gasteiger partial charge >= 0.3 is 5.97 Å². The summed E-state index contributed by atoms with van der Waals surface area (Å²) < 4.78 is 10.7. The number of ether oxygens (including phenoxy) is 2. The van der Waals surface area contributed by atoms with Gasteiger partial charge in [-0.3, -0.25) is 0 Å². The van der Waals surface area contributed by atoms with Gasteiger partial charge in [0.25, 0.3) is 0 Å². The molecule has 0 aromatic heterocycles. The zero-order chi connectivity index (χ0) is 15.5. The second-order valence-electron chi connectivity index (χ2n) is 4.80. The maximum Gasteiger partial charge on any atom is 0.330 e. The second kappa shape index (κ2) is 9.40. The molecule has 0 aliphatic heterocycles. The van der Waals surface area contributed by atoms with E-state index in [1.54, 1.807) is 0 Å². The summed E-state index contributed by atoms with van der Waals surface area (Å²) in [5.41, 5.74) is 0.987. The normalized spacial score (nSPS) is 10.5. The molecule has 0 aliphatic carbocycles. The molecule has 0 amide bonds. The molecule has 0 radical (unpaired) electrons. The van der Waals surface area contributed by atoms with E-state index >= 15 is 0 Å². The highest BCUT2D eigenvalue weighted by atomic mass is 16.5. The van der Waals surface area contributed by atoms with E-state index in [1.807, 2.05) is 66.7 Å². The Morgan fingerprint density at radius 1 is 0.955 bits per heavy atom. The maximum absolute atomic E-state index is 11.5. The van der Waals surface area contributed by atoms with Crippen LogP contribution in [0.2, 0.25) is 0 Å². The summed E-state index contributed by atoms with van der Waals surface area (Å²) in [7, 11) is 0. The van der Waals surface area contributed by atoms with Crippen LogP contribution in [0.15, 0.2) is 72.8 Å². The quantitative estimate of drug-likeness (QED) is 0.417. The van der Waals surface area contributed by atoms with Crippen molar-refractivity contribution in [2.45, 2.75) is 19.4 Å². The zero-order valence-corrected chi connectivity index (χ0v) is 12.5. The Kier molecular flexibility index (Phi) is 6.76. The summed E-state index contributed by atoms with van der Waals surface area (Å²) in [5, 5.41) is 0. The van der Waals surface area contributed by atoms with Crippen LogP contribution < -0.4 is 4.74 Å². The van der Waals surface area contributed by atoms with Crippen molar-refractivity contribution in [2.75, 3.05) is 6.61 Å². The Balaban J connectivity index is 1.56. The molecule has 0 atom stereocenters. The van der Waals surface area contributed by atoms with Gasteiger partial charge in [0, 0.05) is 6.08 Å². The van der Waals surface area contributed by atoms with E-state index in [9.17, 15) is 4.79 Å². The number of unbranched alkanes of at least 4 members (excludes halogenated alkanes) is 1. The molecule has 0 aliphatic rings. The molecule has 0 heterocycles. The second-order valence-corrected chi connectivity index (χ2v) is 4.80. The highest BCUT2D eigenvalue weighted by Crippen LogP contribution is 2.09. The number of rotatable bonds is 8. The number of carbonyl (C=O) groups is 1. The Morgan fingerprint density at radius 3 is 2.36 bits per heavy atom. The SMILES string of the molecule is O=C(C=CCCCOc1ccccc1)OCc1ccccc1. The third-order valence-electron chi connectivity index (χ3n) is 3.00. The zero-order valence-electron chi connectivity index (χ0n) is 12.5. The van der Waals surface area contributed by atoms with E-state index in [2.05, 4.69) is 0 Å². The summed E-state index contributed by atoms with van der Waals surface area (Å²) in [6, 6.07) is 19.3. The van der Waals surface area contributed by atoms with E-state index in [4.69, 9.17) is 9.47 Å². The summed E-state index contributed by atoms with van der Waals surface area (Å²) in [4.78, 5) is 11.5. The largest absolute Gasteiger partial charge is 0.494 e. The van der Waals surface area contributed by atoms with Crippen molar-refractivity contribution < 1.29 is 14.3 Å². The van der Waals surface area contributed by atoms with Gasteiger partial charge in [0.2, 0.25) is 0 Å². The van der Waals surface area contributed by atoms with Crippen LogP contribution >= 0.6 is 0 Å². The molecule has 2 rings (SSSR count). The molecule has 2 aromatic carbocycles. The Bertz CT molecular complexity index is 576. The van der Waals surface area contributed by atoms with Gasteiger partial charge in [0.15, 0.2) is 0 Å². The number of benzene rings is 2. The lowest BCUT2D eigenvalue weighted by atomic mass is 10.2. The predicted molar refractivity (Wildman–Crippen MR) is 86.5 cm³/mol. The molecule has 3 heteroatoms. The van der Waals surface area contributed by atoms with Crippen LogP contribution in [0.3, 0.4) is 0 Å². The van der Waals surface area contributed by atoms with E-state index in [-0.39, 0.29) is 5.97 Å². The van der Waals surface area contributed by atoms with Crippen molar-refractivity contribution in [1.29, 1.82) is 0 Å². The Hall–Kier alpha value is -2.55. The minimum atomic E-state index is -0.312. The first-order valence-corrected chi connectivity index (χ1v) is 7.39. The fraction of sp³-hybridized carbons (Fsp3) is 0.211. The van der Waals surface area contributed by atoms with Crippen LogP contribution in [-0.2, 0) is 16.1 Å². The van der Waals surface area contributed by atoms with Gasteiger partial charge < -0.3 is 9.47 Å². The molecular weight excluding hydrogens is 276 g/mol. The third-order valence-corrected chi connectivity index (χ3v) is 3.00. The van der Waals surface area contributed by atoms with Gasteiger partial charge in [-0.15, -0.1) is 0 Å². The average Bonchev–Trinajstić information content (AvgIpc) is 2.58. The Morgan fingerprint density at radius 2 is 1.64 bits per heavy atom. The van der Waals surface area contributed by atoms with Gasteiger partial charge in [-0.2, -0.15) is 0 Å². The van der Waals surface area contributed by atoms with Crippen LogP contribution in [0.1, 0.15) is 18.4 Å². The fourth-order valence-corrected chi connectivity index (χ4v) is 1.86. The van der Waals surface area contributed by atoms with E-state index in [0.717, 1.165) is 24.2 Å². The van der Waals surface area contributed by atoms with Crippen LogP contribution in [-0.4, -0.2) is 12.6 Å². The molecule has 0 saturated carbocycles. The molecule has 0 spiro atoms. The molecule has 0 unspecified atom stereocenters. The lowest BCUT2D eigenvalue weighted by Gasteiger charge is -2.04. The standard InChI is InChI=1S/C19H20O3/c20-19(22-16-17-10-4-1-5-11-17)14-8-3-9-15-21-18-12-6-2-7-13-18/h1-2,4-8,10-14H,3,9,15-16H2. The minimum Gasteiger partial charge on any atom is -0.494 e. The predicted octanol–water partition coefficient (Wildman–Crippen LogP) is 4.15. The molecule has 3 nitrogen and oxygen atoms in total. The fourth-order valence-electron chi connectivity index (χ4n) is 1.86. The average molecular weight is 296 g/mol. The minimum absolute atomic E-state index is 0.307. The van der Waals surface area contributed by atoms with Crippen LogP contribution in [0, 0.1) is 0 Å². The van der Waals surface area contributed by atoms with Gasteiger partial charge in [-0.05, 0) is 30.5 Å². The first-order chi connectivity index (χ1) is 10.8. The molecular formula is C19H20O3. The number of hydrogen-bond donors (Lipinski definition) is 0. The summed E-state index contributed by atoms with van der Waals surface area (Å²) >= 11 is 0. The molecule has 2 aromatic rings.